The second-order valence-corrected chi connectivity index (χ2v) is 6.28. The molecule has 2 rings (SSSR count). The van der Waals surface area contributed by atoms with Crippen LogP contribution in [0, 0.1) is 18.3 Å². The number of hydroxylamine groups is 1. The first-order valence-corrected chi connectivity index (χ1v) is 8.52. The number of nitrogen functional groups attached to an aromatic ring is 1. The minimum absolute atomic E-state index is 0.0598. The van der Waals surface area contributed by atoms with Gasteiger partial charge in [-0.2, -0.15) is 10.2 Å². The van der Waals surface area contributed by atoms with Crippen LogP contribution in [0.15, 0.2) is 24.3 Å². The molecule has 0 saturated carbocycles. The number of benzene rings is 1. The molecule has 0 spiro atoms. The zero-order valence-corrected chi connectivity index (χ0v) is 15.0. The molecule has 0 aliphatic rings. The van der Waals surface area contributed by atoms with Gasteiger partial charge in [0.1, 0.15) is 0 Å². The second-order valence-electron chi connectivity index (χ2n) is 6.28. The molecule has 3 N–H and O–H groups in total. The van der Waals surface area contributed by atoms with E-state index in [2.05, 4.69) is 23.0 Å². The first-order valence-electron chi connectivity index (χ1n) is 8.52. The Morgan fingerprint density at radius 3 is 2.48 bits per heavy atom. The van der Waals surface area contributed by atoms with Crippen LogP contribution in [-0.4, -0.2) is 21.2 Å². The van der Waals surface area contributed by atoms with E-state index in [-0.39, 0.29) is 12.0 Å². The fourth-order valence-corrected chi connectivity index (χ4v) is 2.82. The lowest BCUT2D eigenvalue weighted by Gasteiger charge is -2.26. The number of rotatable bonds is 7. The van der Waals surface area contributed by atoms with Gasteiger partial charge in [0, 0.05) is 17.7 Å². The van der Waals surface area contributed by atoms with Gasteiger partial charge < -0.3 is 5.73 Å². The normalized spacial score (nSPS) is 11.8. The highest BCUT2D eigenvalue weighted by Gasteiger charge is 2.20. The third-order valence-electron chi connectivity index (χ3n) is 4.24. The third kappa shape index (κ3) is 4.68. The number of nitrogens with zero attached hydrogens (tertiary/aromatic N) is 4. The summed E-state index contributed by atoms with van der Waals surface area (Å²) in [5.41, 5.74) is 9.46. The second kappa shape index (κ2) is 8.45. The van der Waals surface area contributed by atoms with Crippen LogP contribution in [0.3, 0.4) is 0 Å². The van der Waals surface area contributed by atoms with E-state index in [0.29, 0.717) is 18.7 Å². The Hall–Kier alpha value is -2.65. The topological polar surface area (TPSA) is 99.1 Å². The fraction of sp³-hybridized carbons (Fsp3) is 0.421. The van der Waals surface area contributed by atoms with Gasteiger partial charge in [-0.1, -0.05) is 37.6 Å². The lowest BCUT2D eigenvalue weighted by atomic mass is 10.0. The molecule has 0 saturated heterocycles. The van der Waals surface area contributed by atoms with Crippen molar-refractivity contribution in [1.82, 2.24) is 9.97 Å². The van der Waals surface area contributed by atoms with Gasteiger partial charge in [-0.15, -0.1) is 0 Å². The summed E-state index contributed by atoms with van der Waals surface area (Å²) in [5, 5.41) is 20.6. The number of hydrogen-bond donors (Lipinski definition) is 2. The van der Waals surface area contributed by atoms with Crippen LogP contribution < -0.4 is 10.8 Å². The first-order chi connectivity index (χ1) is 12.0. The van der Waals surface area contributed by atoms with Gasteiger partial charge in [0.15, 0.2) is 5.82 Å². The predicted octanol–water partition coefficient (Wildman–Crippen LogP) is 3.41. The monoisotopic (exact) mass is 339 g/mol. The van der Waals surface area contributed by atoms with Gasteiger partial charge in [-0.05, 0) is 31.4 Å². The smallest absolute Gasteiger partial charge is 0.222 e. The van der Waals surface area contributed by atoms with Gasteiger partial charge in [-0.3, -0.25) is 5.21 Å². The number of nitriles is 1. The summed E-state index contributed by atoms with van der Waals surface area (Å²) in [5.74, 6) is 0.621. The summed E-state index contributed by atoms with van der Waals surface area (Å²) in [6.45, 7) is 5.91. The highest BCUT2D eigenvalue weighted by atomic mass is 16.5. The number of nitrogens with two attached hydrogens (primary N) is 1. The highest BCUT2D eigenvalue weighted by molar-refractivity contribution is 5.52. The SMILES string of the molecule is CCCC(C)N(O)c1nc(N)nc(C)c1Cc1ccc(CC#N)cc1. The Labute approximate surface area is 148 Å². The molecule has 1 aromatic heterocycles. The standard InChI is InChI=1S/C19H25N5O/c1-4-5-13(2)24(25)18-17(14(3)22-19(21)23-18)12-16-8-6-15(7-9-16)10-11-20/h6-9,13,25H,4-5,10,12H2,1-3H3,(H2,21,22,23). The molecule has 0 amide bonds. The summed E-state index contributed by atoms with van der Waals surface area (Å²) >= 11 is 0. The van der Waals surface area contributed by atoms with Crippen LogP contribution in [0.5, 0.6) is 0 Å². The van der Waals surface area contributed by atoms with E-state index >= 15 is 0 Å². The third-order valence-corrected chi connectivity index (χ3v) is 4.24. The number of anilines is 2. The molecule has 1 heterocycles. The molecule has 1 aromatic carbocycles. The zero-order chi connectivity index (χ0) is 18.4. The number of hydrogen-bond acceptors (Lipinski definition) is 6. The summed E-state index contributed by atoms with van der Waals surface area (Å²) in [4.78, 5) is 8.53. The Kier molecular flexibility index (Phi) is 6.31. The lowest BCUT2D eigenvalue weighted by Crippen LogP contribution is -2.31. The van der Waals surface area contributed by atoms with E-state index in [1.807, 2.05) is 38.1 Å². The molecule has 0 aliphatic heterocycles. The van der Waals surface area contributed by atoms with Crippen molar-refractivity contribution in [3.05, 3.63) is 46.6 Å². The Morgan fingerprint density at radius 1 is 1.24 bits per heavy atom. The van der Waals surface area contributed by atoms with Crippen molar-refractivity contribution in [3.63, 3.8) is 0 Å². The minimum atomic E-state index is -0.0598. The summed E-state index contributed by atoms with van der Waals surface area (Å²) in [6.07, 6.45) is 2.80. The summed E-state index contributed by atoms with van der Waals surface area (Å²) in [6, 6.07) is 9.96. The molecule has 2 aromatic rings. The van der Waals surface area contributed by atoms with Crippen molar-refractivity contribution in [2.24, 2.45) is 0 Å². The Bertz CT molecular complexity index is 752. The minimum Gasteiger partial charge on any atom is -0.368 e. The molecule has 0 fully saturated rings. The van der Waals surface area contributed by atoms with Crippen LogP contribution in [0.2, 0.25) is 0 Å². The van der Waals surface area contributed by atoms with Crippen LogP contribution in [0.25, 0.3) is 0 Å². The molecule has 6 heteroatoms. The van der Waals surface area contributed by atoms with Gasteiger partial charge in [0.25, 0.3) is 0 Å². The average Bonchev–Trinajstić information content (AvgIpc) is 2.58. The molecule has 6 nitrogen and oxygen atoms in total. The van der Waals surface area contributed by atoms with E-state index in [9.17, 15) is 5.21 Å². The highest BCUT2D eigenvalue weighted by Crippen LogP contribution is 2.26. The van der Waals surface area contributed by atoms with E-state index in [0.717, 1.165) is 35.2 Å². The fourth-order valence-electron chi connectivity index (χ4n) is 2.82. The molecule has 25 heavy (non-hydrogen) atoms. The summed E-state index contributed by atoms with van der Waals surface area (Å²) in [7, 11) is 0. The van der Waals surface area contributed by atoms with Crippen molar-refractivity contribution in [3.8, 4) is 6.07 Å². The Morgan fingerprint density at radius 2 is 1.88 bits per heavy atom. The molecule has 1 atom stereocenters. The van der Waals surface area contributed by atoms with E-state index in [1.165, 1.54) is 5.06 Å². The molecule has 0 aliphatic carbocycles. The van der Waals surface area contributed by atoms with Gasteiger partial charge in [0.2, 0.25) is 5.95 Å². The molecular formula is C19H25N5O. The van der Waals surface area contributed by atoms with Crippen LogP contribution in [0.1, 0.15) is 49.1 Å². The van der Waals surface area contributed by atoms with Crippen molar-refractivity contribution < 1.29 is 5.21 Å². The van der Waals surface area contributed by atoms with E-state index in [4.69, 9.17) is 11.0 Å². The quantitative estimate of drug-likeness (QED) is 0.750. The molecular weight excluding hydrogens is 314 g/mol. The van der Waals surface area contributed by atoms with Crippen LogP contribution in [-0.2, 0) is 12.8 Å². The van der Waals surface area contributed by atoms with E-state index < -0.39 is 0 Å². The predicted molar refractivity (Wildman–Crippen MR) is 98.4 cm³/mol. The largest absolute Gasteiger partial charge is 0.368 e. The molecule has 0 bridgehead atoms. The summed E-state index contributed by atoms with van der Waals surface area (Å²) < 4.78 is 0. The average molecular weight is 339 g/mol. The van der Waals surface area contributed by atoms with Crippen molar-refractivity contribution in [1.29, 1.82) is 5.26 Å². The molecule has 132 valence electrons. The lowest BCUT2D eigenvalue weighted by molar-refractivity contribution is 0.212. The van der Waals surface area contributed by atoms with Gasteiger partial charge >= 0.3 is 0 Å². The molecule has 1 unspecified atom stereocenters. The Balaban J connectivity index is 2.34. The number of aryl methyl sites for hydroxylation is 1. The molecule has 0 radical (unpaired) electrons. The van der Waals surface area contributed by atoms with Gasteiger partial charge in [0.05, 0.1) is 18.5 Å². The van der Waals surface area contributed by atoms with Crippen LogP contribution >= 0.6 is 0 Å². The number of aromatic nitrogens is 2. The first kappa shape index (κ1) is 18.7. The van der Waals surface area contributed by atoms with Crippen molar-refractivity contribution in [2.75, 3.05) is 10.8 Å². The zero-order valence-electron chi connectivity index (χ0n) is 15.0. The van der Waals surface area contributed by atoms with Gasteiger partial charge in [-0.25, -0.2) is 10.0 Å². The van der Waals surface area contributed by atoms with Crippen LogP contribution in [0.4, 0.5) is 11.8 Å². The van der Waals surface area contributed by atoms with Crippen molar-refractivity contribution in [2.45, 2.75) is 52.5 Å². The maximum Gasteiger partial charge on any atom is 0.222 e. The van der Waals surface area contributed by atoms with E-state index in [1.54, 1.807) is 0 Å². The maximum absolute atomic E-state index is 10.6. The maximum atomic E-state index is 10.6. The van der Waals surface area contributed by atoms with Crippen molar-refractivity contribution >= 4 is 11.8 Å².